The van der Waals surface area contributed by atoms with Crippen LogP contribution in [0.4, 0.5) is 13.2 Å². The third-order valence-electron chi connectivity index (χ3n) is 5.53. The van der Waals surface area contributed by atoms with Gasteiger partial charge in [0.05, 0.1) is 5.56 Å². The first-order valence-electron chi connectivity index (χ1n) is 10.7. The number of benzene rings is 1. The normalized spacial score (nSPS) is 16.0. The number of nitrogens with zero attached hydrogens (tertiary/aromatic N) is 3. The molecule has 0 atom stereocenters. The zero-order chi connectivity index (χ0) is 23.4. The van der Waals surface area contributed by atoms with Crippen LogP contribution in [0.3, 0.4) is 0 Å². The molecule has 31 heavy (non-hydrogen) atoms. The van der Waals surface area contributed by atoms with Gasteiger partial charge in [0.2, 0.25) is 11.8 Å². The molecule has 0 radical (unpaired) electrons. The third-order valence-corrected chi connectivity index (χ3v) is 5.53. The topological polar surface area (TPSA) is 43.9 Å². The van der Waals surface area contributed by atoms with Gasteiger partial charge in [-0.25, -0.2) is 0 Å². The number of piperidine rings is 1. The maximum absolute atomic E-state index is 13.3. The molecule has 174 valence electrons. The van der Waals surface area contributed by atoms with Crippen LogP contribution in [0.5, 0.6) is 0 Å². The minimum absolute atomic E-state index is 0.0536. The summed E-state index contributed by atoms with van der Waals surface area (Å²) in [6.07, 6.45) is -3.27. The summed E-state index contributed by atoms with van der Waals surface area (Å²) < 4.78 is 39.2. The van der Waals surface area contributed by atoms with E-state index in [0.29, 0.717) is 44.6 Å². The molecule has 1 fully saturated rings. The van der Waals surface area contributed by atoms with Gasteiger partial charge in [-0.1, -0.05) is 32.9 Å². The first-order valence-corrected chi connectivity index (χ1v) is 10.7. The Labute approximate surface area is 183 Å². The summed E-state index contributed by atoms with van der Waals surface area (Å²) >= 11 is 0. The molecule has 0 aromatic heterocycles. The summed E-state index contributed by atoms with van der Waals surface area (Å²) in [6, 6.07) is 5.15. The molecule has 0 unspecified atom stereocenters. The highest BCUT2D eigenvalue weighted by molar-refractivity contribution is 5.82. The average molecular weight is 442 g/mol. The van der Waals surface area contributed by atoms with E-state index in [1.165, 1.54) is 6.07 Å². The Hall–Kier alpha value is -2.09. The van der Waals surface area contributed by atoms with Crippen molar-refractivity contribution in [1.29, 1.82) is 0 Å². The lowest BCUT2D eigenvalue weighted by atomic mass is 9.90. The second-order valence-corrected chi connectivity index (χ2v) is 9.58. The van der Waals surface area contributed by atoms with E-state index >= 15 is 0 Å². The van der Waals surface area contributed by atoms with Crippen molar-refractivity contribution >= 4 is 11.8 Å². The molecular weight excluding hydrogens is 407 g/mol. The summed E-state index contributed by atoms with van der Waals surface area (Å²) in [6.45, 7) is 7.88. The van der Waals surface area contributed by atoms with Gasteiger partial charge >= 0.3 is 6.18 Å². The Morgan fingerprint density at radius 2 is 1.68 bits per heavy atom. The molecule has 0 spiro atoms. The molecule has 0 saturated carbocycles. The zero-order valence-electron chi connectivity index (χ0n) is 19.1. The van der Waals surface area contributed by atoms with E-state index < -0.39 is 17.2 Å². The largest absolute Gasteiger partial charge is 0.416 e. The highest BCUT2D eigenvalue weighted by atomic mass is 19.4. The molecule has 1 heterocycles. The highest BCUT2D eigenvalue weighted by Crippen LogP contribution is 2.30. The number of halogens is 3. The van der Waals surface area contributed by atoms with Gasteiger partial charge in [0.1, 0.15) is 0 Å². The molecule has 8 heteroatoms. The van der Waals surface area contributed by atoms with Crippen LogP contribution in [-0.2, 0) is 22.3 Å². The number of hydrogen-bond donors (Lipinski definition) is 0. The second-order valence-electron chi connectivity index (χ2n) is 9.58. The summed E-state index contributed by atoms with van der Waals surface area (Å²) in [4.78, 5) is 31.1. The van der Waals surface area contributed by atoms with Gasteiger partial charge in [-0.15, -0.1) is 0 Å². The number of rotatable bonds is 6. The smallest absolute Gasteiger partial charge is 0.342 e. The van der Waals surface area contributed by atoms with Crippen LogP contribution in [0, 0.1) is 11.3 Å². The van der Waals surface area contributed by atoms with Gasteiger partial charge < -0.3 is 14.7 Å². The number of hydrogen-bond acceptors (Lipinski definition) is 3. The maximum Gasteiger partial charge on any atom is 0.416 e. The summed E-state index contributed by atoms with van der Waals surface area (Å²) in [5.41, 5.74) is -0.709. The van der Waals surface area contributed by atoms with Gasteiger partial charge in [0, 0.05) is 44.1 Å². The number of likely N-dealkylation sites (N-methyl/N-ethyl adjacent to an activating group) is 1. The van der Waals surface area contributed by atoms with Crippen LogP contribution < -0.4 is 0 Å². The molecule has 0 bridgehead atoms. The highest BCUT2D eigenvalue weighted by Gasteiger charge is 2.34. The van der Waals surface area contributed by atoms with Gasteiger partial charge in [0.15, 0.2) is 0 Å². The minimum atomic E-state index is -4.42. The lowest BCUT2D eigenvalue weighted by Gasteiger charge is -2.37. The quantitative estimate of drug-likeness (QED) is 0.673. The summed E-state index contributed by atoms with van der Waals surface area (Å²) in [5.74, 6) is -0.203. The standard InChI is InChI=1S/C23H34F3N3O2/c1-22(2,3)21(31)28-11-9-18(10-12-28)20(30)29(14-13-27(4)5)16-17-7-6-8-19(15-17)23(24,25)26/h6-8,15,18H,9-14,16H2,1-5H3. The molecule has 2 amide bonds. The predicted octanol–water partition coefficient (Wildman–Crippen LogP) is 3.88. The number of likely N-dealkylation sites (tertiary alicyclic amines) is 1. The van der Waals surface area contributed by atoms with Gasteiger partial charge in [-0.2, -0.15) is 13.2 Å². The van der Waals surface area contributed by atoms with E-state index in [1.807, 2.05) is 39.8 Å². The average Bonchev–Trinajstić information content (AvgIpc) is 2.69. The van der Waals surface area contributed by atoms with Crippen LogP contribution in [0.1, 0.15) is 44.7 Å². The molecule has 1 aromatic carbocycles. The molecule has 0 aliphatic carbocycles. The van der Waals surface area contributed by atoms with E-state index in [1.54, 1.807) is 15.9 Å². The first-order chi connectivity index (χ1) is 14.3. The fourth-order valence-corrected chi connectivity index (χ4v) is 3.72. The molecule has 5 nitrogen and oxygen atoms in total. The van der Waals surface area contributed by atoms with Gasteiger partial charge in [0.25, 0.3) is 0 Å². The zero-order valence-corrected chi connectivity index (χ0v) is 19.1. The van der Waals surface area contributed by atoms with Crippen LogP contribution in [0.25, 0.3) is 0 Å². The van der Waals surface area contributed by atoms with Crippen molar-refractivity contribution in [2.24, 2.45) is 11.3 Å². The van der Waals surface area contributed by atoms with Crippen LogP contribution in [0.2, 0.25) is 0 Å². The molecule has 0 N–H and O–H groups in total. The minimum Gasteiger partial charge on any atom is -0.342 e. The Balaban J connectivity index is 2.10. The first kappa shape index (κ1) is 25.2. The van der Waals surface area contributed by atoms with Crippen LogP contribution in [0.15, 0.2) is 24.3 Å². The Kier molecular flexibility index (Phi) is 8.14. The summed E-state index contributed by atoms with van der Waals surface area (Å²) in [5, 5.41) is 0. The lowest BCUT2D eigenvalue weighted by Crippen LogP contribution is -2.48. The van der Waals surface area contributed by atoms with E-state index in [2.05, 4.69) is 0 Å². The Bertz CT molecular complexity index is 764. The molecule has 1 aliphatic rings. The lowest BCUT2D eigenvalue weighted by molar-refractivity contribution is -0.145. The fourth-order valence-electron chi connectivity index (χ4n) is 3.72. The maximum atomic E-state index is 13.3. The number of amides is 2. The van der Waals surface area contributed by atoms with Crippen molar-refractivity contribution in [3.8, 4) is 0 Å². The van der Waals surface area contributed by atoms with Gasteiger partial charge in [-0.3, -0.25) is 9.59 Å². The number of carbonyl (C=O) groups excluding carboxylic acids is 2. The van der Waals surface area contributed by atoms with E-state index in [9.17, 15) is 22.8 Å². The monoisotopic (exact) mass is 441 g/mol. The SMILES string of the molecule is CN(C)CCN(Cc1cccc(C(F)(F)F)c1)C(=O)C1CCN(C(=O)C(C)(C)C)CC1. The van der Waals surface area contributed by atoms with E-state index in [4.69, 9.17) is 0 Å². The number of carbonyl (C=O) groups is 2. The molecule has 1 saturated heterocycles. The van der Waals surface area contributed by atoms with Crippen LogP contribution in [-0.4, -0.2) is 66.8 Å². The fraction of sp³-hybridized carbons (Fsp3) is 0.652. The third kappa shape index (κ3) is 7.23. The van der Waals surface area contributed by atoms with E-state index in [-0.39, 0.29) is 24.3 Å². The van der Waals surface area contributed by atoms with Gasteiger partial charge in [-0.05, 0) is 44.6 Å². The Morgan fingerprint density at radius 1 is 1.06 bits per heavy atom. The van der Waals surface area contributed by atoms with Crippen LogP contribution >= 0.6 is 0 Å². The Morgan fingerprint density at radius 3 is 2.19 bits per heavy atom. The number of alkyl halides is 3. The van der Waals surface area contributed by atoms with Crippen molar-refractivity contribution in [2.45, 2.75) is 46.3 Å². The molecular formula is C23H34F3N3O2. The second kappa shape index (κ2) is 10.0. The molecule has 2 rings (SSSR count). The predicted molar refractivity (Wildman–Crippen MR) is 114 cm³/mol. The van der Waals surface area contributed by atoms with Crippen molar-refractivity contribution in [1.82, 2.24) is 14.7 Å². The molecule has 1 aromatic rings. The van der Waals surface area contributed by atoms with E-state index in [0.717, 1.165) is 12.1 Å². The van der Waals surface area contributed by atoms with Crippen molar-refractivity contribution < 1.29 is 22.8 Å². The summed E-state index contributed by atoms with van der Waals surface area (Å²) in [7, 11) is 3.78. The van der Waals surface area contributed by atoms with Crippen molar-refractivity contribution in [3.05, 3.63) is 35.4 Å². The molecule has 1 aliphatic heterocycles. The van der Waals surface area contributed by atoms with Crippen molar-refractivity contribution in [2.75, 3.05) is 40.3 Å². The van der Waals surface area contributed by atoms with Crippen molar-refractivity contribution in [3.63, 3.8) is 0 Å².